The Hall–Kier alpha value is -2.58. The summed E-state index contributed by atoms with van der Waals surface area (Å²) in [5, 5.41) is 6.89. The number of benzene rings is 1. The summed E-state index contributed by atoms with van der Waals surface area (Å²) in [6.07, 6.45) is 13.3. The minimum Gasteiger partial charge on any atom is -0.340 e. The second-order valence-corrected chi connectivity index (χ2v) is 11.3. The lowest BCUT2D eigenvalue weighted by atomic mass is 9.94. The van der Waals surface area contributed by atoms with Crippen LogP contribution in [0.5, 0.6) is 0 Å². The highest BCUT2D eigenvalue weighted by Gasteiger charge is 2.44. The van der Waals surface area contributed by atoms with Crippen LogP contribution in [0.15, 0.2) is 35.7 Å². The molecule has 8 heteroatoms. The zero-order chi connectivity index (χ0) is 24.6. The van der Waals surface area contributed by atoms with Crippen LogP contribution in [0.25, 0.3) is 0 Å². The third-order valence-corrected chi connectivity index (χ3v) is 9.07. The standard InChI is InChI=1S/C28H41N7O/c1-20-8-9-22(18-21(20)2)24-19-25-28-30-29-26(34(28)16-17-35(25)31-24)10-11-27(36)33-14-12-32(13-15-33)23-6-4-3-5-7-23/h8-9,16-18,23-25,28,30-31H,3-7,10-15,19H2,1-2H3. The second kappa shape index (κ2) is 10.1. The number of nitrogens with one attached hydrogen (secondary N) is 2. The molecular formula is C28H41N7O. The molecule has 0 bridgehead atoms. The molecule has 6 rings (SSSR count). The number of piperazine rings is 1. The Kier molecular flexibility index (Phi) is 6.65. The third kappa shape index (κ3) is 4.61. The van der Waals surface area contributed by atoms with Gasteiger partial charge in [0, 0.05) is 57.5 Å². The lowest BCUT2D eigenvalue weighted by Gasteiger charge is -2.41. The minimum absolute atomic E-state index is 0.100. The molecule has 2 N–H and O–H groups in total. The summed E-state index contributed by atoms with van der Waals surface area (Å²) in [6, 6.07) is 8.08. The largest absolute Gasteiger partial charge is 0.340 e. The Labute approximate surface area is 215 Å². The van der Waals surface area contributed by atoms with E-state index in [1.807, 2.05) is 0 Å². The summed E-state index contributed by atoms with van der Waals surface area (Å²) in [4.78, 5) is 19.9. The molecule has 4 heterocycles. The van der Waals surface area contributed by atoms with E-state index in [4.69, 9.17) is 0 Å². The molecular weight excluding hydrogens is 450 g/mol. The highest BCUT2D eigenvalue weighted by Crippen LogP contribution is 2.35. The van der Waals surface area contributed by atoms with Crippen molar-refractivity contribution in [2.24, 2.45) is 5.10 Å². The molecule has 36 heavy (non-hydrogen) atoms. The van der Waals surface area contributed by atoms with Crippen LogP contribution >= 0.6 is 0 Å². The van der Waals surface area contributed by atoms with Crippen molar-refractivity contribution in [1.82, 2.24) is 30.6 Å². The number of carbonyl (C=O) groups is 1. The van der Waals surface area contributed by atoms with Gasteiger partial charge in [0.05, 0.1) is 12.1 Å². The van der Waals surface area contributed by atoms with Crippen LogP contribution in [0.3, 0.4) is 0 Å². The van der Waals surface area contributed by atoms with Crippen molar-refractivity contribution in [3.8, 4) is 0 Å². The van der Waals surface area contributed by atoms with Crippen LogP contribution < -0.4 is 10.9 Å². The van der Waals surface area contributed by atoms with Gasteiger partial charge in [0.1, 0.15) is 12.0 Å². The maximum atomic E-state index is 13.0. The van der Waals surface area contributed by atoms with Crippen LogP contribution in [-0.4, -0.2) is 75.9 Å². The van der Waals surface area contributed by atoms with Gasteiger partial charge in [-0.15, -0.1) is 0 Å². The average Bonchev–Trinajstić information content (AvgIpc) is 3.53. The molecule has 3 fully saturated rings. The molecule has 1 saturated carbocycles. The van der Waals surface area contributed by atoms with E-state index >= 15 is 0 Å². The molecule has 0 spiro atoms. The number of amidine groups is 1. The van der Waals surface area contributed by atoms with Gasteiger partial charge in [0.25, 0.3) is 0 Å². The molecule has 1 aliphatic carbocycles. The molecule has 8 nitrogen and oxygen atoms in total. The van der Waals surface area contributed by atoms with E-state index in [-0.39, 0.29) is 18.1 Å². The van der Waals surface area contributed by atoms with Gasteiger partial charge >= 0.3 is 0 Å². The van der Waals surface area contributed by atoms with E-state index in [1.165, 1.54) is 48.8 Å². The molecule has 0 aromatic heterocycles. The first-order valence-electron chi connectivity index (χ1n) is 14.0. The highest BCUT2D eigenvalue weighted by molar-refractivity contribution is 5.89. The van der Waals surface area contributed by atoms with Crippen LogP contribution in [0, 0.1) is 13.8 Å². The summed E-state index contributed by atoms with van der Waals surface area (Å²) in [7, 11) is 0. The van der Waals surface area contributed by atoms with E-state index in [2.05, 4.69) is 80.1 Å². The normalized spacial score (nSPS) is 28.7. The number of amides is 1. The molecule has 1 aromatic carbocycles. The van der Waals surface area contributed by atoms with Crippen molar-refractivity contribution < 1.29 is 4.79 Å². The SMILES string of the molecule is Cc1ccc(C2CC3C4NN=C(CCC(=O)N5CCN(C6CCCCC6)CC5)N4C=CN3N2)cc1C. The number of aryl methyl sites for hydroxylation is 2. The van der Waals surface area contributed by atoms with Crippen LogP contribution in [0.1, 0.15) is 74.1 Å². The Bertz CT molecular complexity index is 1020. The van der Waals surface area contributed by atoms with Gasteiger partial charge in [-0.3, -0.25) is 15.1 Å². The van der Waals surface area contributed by atoms with Gasteiger partial charge in [0.2, 0.25) is 5.91 Å². The quantitative estimate of drug-likeness (QED) is 0.660. The van der Waals surface area contributed by atoms with Crippen molar-refractivity contribution in [3.63, 3.8) is 0 Å². The summed E-state index contributed by atoms with van der Waals surface area (Å²) in [6.45, 7) is 8.14. The zero-order valence-corrected chi connectivity index (χ0v) is 21.8. The molecule has 2 saturated heterocycles. The fraction of sp³-hybridized carbons (Fsp3) is 0.643. The number of nitrogens with zero attached hydrogens (tertiary/aromatic N) is 5. The van der Waals surface area contributed by atoms with Gasteiger partial charge < -0.3 is 14.8 Å². The topological polar surface area (TPSA) is 66.5 Å². The third-order valence-electron chi connectivity index (χ3n) is 9.07. The first kappa shape index (κ1) is 23.8. The first-order valence-corrected chi connectivity index (χ1v) is 14.0. The number of fused-ring (bicyclic) bond motifs is 3. The van der Waals surface area contributed by atoms with Crippen LogP contribution in [-0.2, 0) is 4.79 Å². The highest BCUT2D eigenvalue weighted by atomic mass is 16.2. The van der Waals surface area contributed by atoms with Crippen LogP contribution in [0.2, 0.25) is 0 Å². The summed E-state index contributed by atoms with van der Waals surface area (Å²) in [5.74, 6) is 1.24. The number of hydrazine groups is 1. The van der Waals surface area contributed by atoms with Crippen molar-refractivity contribution in [3.05, 3.63) is 47.3 Å². The Morgan fingerprint density at radius 3 is 2.61 bits per heavy atom. The molecule has 194 valence electrons. The van der Waals surface area contributed by atoms with Gasteiger partial charge in [-0.05, 0) is 49.8 Å². The second-order valence-electron chi connectivity index (χ2n) is 11.3. The summed E-state index contributed by atoms with van der Waals surface area (Å²) >= 11 is 0. The van der Waals surface area contributed by atoms with Gasteiger partial charge in [-0.25, -0.2) is 5.43 Å². The van der Waals surface area contributed by atoms with Crippen molar-refractivity contribution >= 4 is 11.7 Å². The molecule has 1 amide bonds. The predicted molar refractivity (Wildman–Crippen MR) is 142 cm³/mol. The summed E-state index contributed by atoms with van der Waals surface area (Å²) < 4.78 is 0. The number of rotatable bonds is 5. The lowest BCUT2D eigenvalue weighted by Crippen LogP contribution is -2.54. The number of hydrogen-bond donors (Lipinski definition) is 2. The lowest BCUT2D eigenvalue weighted by molar-refractivity contribution is -0.133. The van der Waals surface area contributed by atoms with E-state index in [0.29, 0.717) is 18.9 Å². The molecule has 1 aromatic rings. The fourth-order valence-electron chi connectivity index (χ4n) is 6.67. The van der Waals surface area contributed by atoms with E-state index in [1.54, 1.807) is 0 Å². The molecule has 3 atom stereocenters. The predicted octanol–water partition coefficient (Wildman–Crippen LogP) is 3.21. The van der Waals surface area contributed by atoms with E-state index < -0.39 is 0 Å². The van der Waals surface area contributed by atoms with Gasteiger partial charge in [-0.2, -0.15) is 5.10 Å². The minimum atomic E-state index is 0.100. The number of carbonyl (C=O) groups excluding carboxylic acids is 1. The fourth-order valence-corrected chi connectivity index (χ4v) is 6.67. The van der Waals surface area contributed by atoms with Crippen molar-refractivity contribution in [1.29, 1.82) is 0 Å². The Morgan fingerprint density at radius 1 is 1.03 bits per heavy atom. The van der Waals surface area contributed by atoms with Gasteiger partial charge in [0.15, 0.2) is 0 Å². The van der Waals surface area contributed by atoms with Gasteiger partial charge in [-0.1, -0.05) is 37.5 Å². The molecule has 5 aliphatic rings. The van der Waals surface area contributed by atoms with Crippen molar-refractivity contribution in [2.45, 2.75) is 89.5 Å². The monoisotopic (exact) mass is 491 g/mol. The van der Waals surface area contributed by atoms with E-state index in [9.17, 15) is 4.79 Å². The average molecular weight is 492 g/mol. The number of hydrogen-bond acceptors (Lipinski definition) is 7. The van der Waals surface area contributed by atoms with E-state index in [0.717, 1.165) is 44.5 Å². The van der Waals surface area contributed by atoms with Crippen LogP contribution in [0.4, 0.5) is 0 Å². The number of hydrazone groups is 1. The Balaban J connectivity index is 1.000. The first-order chi connectivity index (χ1) is 17.6. The maximum absolute atomic E-state index is 13.0. The smallest absolute Gasteiger partial charge is 0.223 e. The van der Waals surface area contributed by atoms with Crippen molar-refractivity contribution in [2.75, 3.05) is 26.2 Å². The molecule has 3 unspecified atom stereocenters. The Morgan fingerprint density at radius 2 is 1.83 bits per heavy atom. The molecule has 4 aliphatic heterocycles. The summed E-state index contributed by atoms with van der Waals surface area (Å²) in [5.41, 5.74) is 11.0. The zero-order valence-electron chi connectivity index (χ0n) is 21.8. The molecule has 0 radical (unpaired) electrons. The maximum Gasteiger partial charge on any atom is 0.223 e.